The van der Waals surface area contributed by atoms with Crippen molar-refractivity contribution in [2.24, 2.45) is 11.3 Å². The van der Waals surface area contributed by atoms with Gasteiger partial charge >= 0.3 is 0 Å². The molecule has 0 radical (unpaired) electrons. The van der Waals surface area contributed by atoms with Gasteiger partial charge in [0.25, 0.3) is 0 Å². The molecule has 2 saturated heterocycles. The minimum absolute atomic E-state index is 0.0279. The summed E-state index contributed by atoms with van der Waals surface area (Å²) >= 11 is 0. The minimum Gasteiger partial charge on any atom is -0.396 e. The second-order valence-corrected chi connectivity index (χ2v) is 9.86. The Kier molecular flexibility index (Phi) is 4.80. The number of nitrogens with zero attached hydrogens (tertiary/aromatic N) is 3. The number of hydrogen-bond acceptors (Lipinski definition) is 5. The van der Waals surface area contributed by atoms with Gasteiger partial charge in [-0.2, -0.15) is 0 Å². The summed E-state index contributed by atoms with van der Waals surface area (Å²) in [5.74, 6) is 0.187. The Morgan fingerprint density at radius 3 is 2.52 bits per heavy atom. The van der Waals surface area contributed by atoms with Gasteiger partial charge in [0.05, 0.1) is 12.9 Å². The fraction of sp³-hybridized carbons (Fsp3) is 0.450. The van der Waals surface area contributed by atoms with Crippen LogP contribution < -0.4 is 0 Å². The highest BCUT2D eigenvalue weighted by molar-refractivity contribution is 7.88. The lowest BCUT2D eigenvalue weighted by Gasteiger charge is -2.26. The normalized spacial score (nSPS) is 26.4. The second kappa shape index (κ2) is 6.98. The van der Waals surface area contributed by atoms with Crippen LogP contribution in [0, 0.1) is 11.3 Å². The van der Waals surface area contributed by atoms with Gasteiger partial charge in [0.15, 0.2) is 0 Å². The maximum Gasteiger partial charge on any atom is 0.211 e. The Hall–Kier alpha value is -1.80. The van der Waals surface area contributed by atoms with Crippen molar-refractivity contribution in [2.75, 3.05) is 39.0 Å². The first-order valence-electron chi connectivity index (χ1n) is 9.17. The molecule has 1 aromatic heterocycles. The maximum absolute atomic E-state index is 11.9. The van der Waals surface area contributed by atoms with Crippen LogP contribution in [-0.4, -0.2) is 66.8 Å². The molecule has 1 aromatic carbocycles. The molecule has 0 aliphatic carbocycles. The van der Waals surface area contributed by atoms with Gasteiger partial charge < -0.3 is 5.11 Å². The van der Waals surface area contributed by atoms with Crippen molar-refractivity contribution < 1.29 is 13.5 Å². The number of aliphatic hydroxyl groups is 1. The molecule has 0 amide bonds. The molecule has 7 heteroatoms. The molecule has 1 N–H and O–H groups in total. The van der Waals surface area contributed by atoms with Crippen LogP contribution in [0.1, 0.15) is 5.56 Å². The van der Waals surface area contributed by atoms with Crippen LogP contribution in [0.3, 0.4) is 0 Å². The molecule has 2 aromatic rings. The predicted octanol–water partition coefficient (Wildman–Crippen LogP) is 1.43. The highest BCUT2D eigenvalue weighted by atomic mass is 32.2. The molecule has 0 saturated carbocycles. The number of aromatic nitrogens is 1. The Morgan fingerprint density at radius 2 is 1.93 bits per heavy atom. The van der Waals surface area contributed by atoms with Gasteiger partial charge in [0, 0.05) is 50.5 Å². The summed E-state index contributed by atoms with van der Waals surface area (Å²) < 4.78 is 25.3. The lowest BCUT2D eigenvalue weighted by Crippen LogP contribution is -2.38. The second-order valence-electron chi connectivity index (χ2n) is 7.88. The number of rotatable bonds is 5. The molecule has 4 rings (SSSR count). The quantitative estimate of drug-likeness (QED) is 0.840. The van der Waals surface area contributed by atoms with Crippen molar-refractivity contribution in [1.82, 2.24) is 14.2 Å². The van der Waals surface area contributed by atoms with Crippen LogP contribution in [0.15, 0.2) is 48.8 Å². The molecule has 0 bridgehead atoms. The number of hydrogen-bond donors (Lipinski definition) is 1. The highest BCUT2D eigenvalue weighted by Gasteiger charge is 2.53. The Bertz CT molecular complexity index is 902. The molecule has 144 valence electrons. The van der Waals surface area contributed by atoms with Crippen molar-refractivity contribution in [2.45, 2.75) is 6.54 Å². The fourth-order valence-electron chi connectivity index (χ4n) is 4.43. The van der Waals surface area contributed by atoms with E-state index >= 15 is 0 Å². The van der Waals surface area contributed by atoms with E-state index < -0.39 is 10.0 Å². The Labute approximate surface area is 160 Å². The molecule has 6 nitrogen and oxygen atoms in total. The molecule has 27 heavy (non-hydrogen) atoms. The van der Waals surface area contributed by atoms with Crippen LogP contribution in [0.25, 0.3) is 11.1 Å². The number of fused-ring (bicyclic) bond motifs is 1. The zero-order valence-corrected chi connectivity index (χ0v) is 16.3. The fourth-order valence-corrected chi connectivity index (χ4v) is 5.38. The topological polar surface area (TPSA) is 73.7 Å². The number of likely N-dealkylation sites (tertiary alicyclic amines) is 1. The van der Waals surface area contributed by atoms with Gasteiger partial charge in [-0.1, -0.05) is 30.3 Å². The molecule has 0 spiro atoms. The van der Waals surface area contributed by atoms with Crippen LogP contribution in [0.2, 0.25) is 0 Å². The van der Waals surface area contributed by atoms with Gasteiger partial charge in [-0.3, -0.25) is 9.88 Å². The van der Waals surface area contributed by atoms with E-state index in [9.17, 15) is 13.5 Å². The molecule has 0 unspecified atom stereocenters. The van der Waals surface area contributed by atoms with Gasteiger partial charge in [-0.25, -0.2) is 12.7 Å². The van der Waals surface area contributed by atoms with Crippen LogP contribution in [-0.2, 0) is 16.6 Å². The SMILES string of the molecule is CS(=O)(=O)N1C[C@@H]2CN(Cc3ccc(-c4cccnc4)cc3)C[C@]2(CO)C1. The zero-order chi connectivity index (χ0) is 19.1. The van der Waals surface area contributed by atoms with E-state index in [0.29, 0.717) is 13.1 Å². The molecule has 2 atom stereocenters. The zero-order valence-electron chi connectivity index (χ0n) is 15.5. The van der Waals surface area contributed by atoms with E-state index in [1.54, 1.807) is 6.20 Å². The summed E-state index contributed by atoms with van der Waals surface area (Å²) in [7, 11) is -3.20. The molecule has 2 fully saturated rings. The van der Waals surface area contributed by atoms with Crippen molar-refractivity contribution in [1.29, 1.82) is 0 Å². The first-order chi connectivity index (χ1) is 12.9. The Balaban J connectivity index is 1.43. The Morgan fingerprint density at radius 1 is 1.15 bits per heavy atom. The average molecular weight is 388 g/mol. The van der Waals surface area contributed by atoms with Crippen LogP contribution in [0.5, 0.6) is 0 Å². The standard InChI is InChI=1S/C20H25N3O3S/c1-27(25,26)23-12-19-11-22(13-20(19,14-23)15-24)10-16-4-6-17(7-5-16)18-3-2-8-21-9-18/h2-9,19,24H,10-15H2,1H3/t19-,20+/m0/s1. The van der Waals surface area contributed by atoms with Crippen LogP contribution in [0.4, 0.5) is 0 Å². The number of benzene rings is 1. The summed E-state index contributed by atoms with van der Waals surface area (Å²) in [5, 5.41) is 10.0. The minimum atomic E-state index is -3.20. The third kappa shape index (κ3) is 3.65. The summed E-state index contributed by atoms with van der Waals surface area (Å²) in [5.41, 5.74) is 3.12. The van der Waals surface area contributed by atoms with Crippen molar-refractivity contribution >= 4 is 10.0 Å². The number of pyridine rings is 1. The van der Waals surface area contributed by atoms with E-state index in [-0.39, 0.29) is 17.9 Å². The third-order valence-corrected chi connectivity index (χ3v) is 7.15. The van der Waals surface area contributed by atoms with Crippen LogP contribution >= 0.6 is 0 Å². The van der Waals surface area contributed by atoms with Gasteiger partial charge in [-0.05, 0) is 28.7 Å². The molecule has 3 heterocycles. The molecular formula is C20H25N3O3S. The van der Waals surface area contributed by atoms with E-state index in [2.05, 4.69) is 34.1 Å². The first-order valence-corrected chi connectivity index (χ1v) is 11.0. The summed E-state index contributed by atoms with van der Waals surface area (Å²) in [4.78, 5) is 6.49. The summed E-state index contributed by atoms with van der Waals surface area (Å²) in [6.07, 6.45) is 4.87. The van der Waals surface area contributed by atoms with E-state index in [0.717, 1.165) is 30.8 Å². The maximum atomic E-state index is 11.9. The molecule has 2 aliphatic rings. The first kappa shape index (κ1) is 18.6. The van der Waals surface area contributed by atoms with Crippen molar-refractivity contribution in [3.8, 4) is 11.1 Å². The van der Waals surface area contributed by atoms with E-state index in [1.165, 1.54) is 16.1 Å². The summed E-state index contributed by atoms with van der Waals surface area (Å²) in [6, 6.07) is 12.4. The third-order valence-electron chi connectivity index (χ3n) is 5.94. The van der Waals surface area contributed by atoms with E-state index in [1.807, 2.05) is 18.3 Å². The average Bonchev–Trinajstić information content (AvgIpc) is 3.17. The molecular weight excluding hydrogens is 362 g/mol. The summed E-state index contributed by atoms with van der Waals surface area (Å²) in [6.45, 7) is 3.31. The van der Waals surface area contributed by atoms with Gasteiger partial charge in [0.2, 0.25) is 10.0 Å². The smallest absolute Gasteiger partial charge is 0.211 e. The monoisotopic (exact) mass is 387 g/mol. The van der Waals surface area contributed by atoms with Crippen molar-refractivity contribution in [3.05, 3.63) is 54.4 Å². The predicted molar refractivity (Wildman–Crippen MR) is 104 cm³/mol. The van der Waals surface area contributed by atoms with Gasteiger partial charge in [0.1, 0.15) is 0 Å². The largest absolute Gasteiger partial charge is 0.396 e. The number of aliphatic hydroxyl groups excluding tert-OH is 1. The lowest BCUT2D eigenvalue weighted by atomic mass is 9.82. The highest BCUT2D eigenvalue weighted by Crippen LogP contribution is 2.43. The van der Waals surface area contributed by atoms with E-state index in [4.69, 9.17) is 0 Å². The number of sulfonamides is 1. The lowest BCUT2D eigenvalue weighted by molar-refractivity contribution is 0.119. The molecule has 2 aliphatic heterocycles. The van der Waals surface area contributed by atoms with Crippen molar-refractivity contribution in [3.63, 3.8) is 0 Å². The van der Waals surface area contributed by atoms with Gasteiger partial charge in [-0.15, -0.1) is 0 Å².